The van der Waals surface area contributed by atoms with E-state index in [1.54, 1.807) is 0 Å². The van der Waals surface area contributed by atoms with Gasteiger partial charge in [-0.05, 0) is 0 Å². The molecule has 0 N–H and O–H groups in total. The van der Waals surface area contributed by atoms with Crippen molar-refractivity contribution in [1.82, 2.24) is 0 Å². The van der Waals surface area contributed by atoms with Crippen molar-refractivity contribution in [2.24, 2.45) is 0 Å². The molecule has 104 valence electrons. The lowest BCUT2D eigenvalue weighted by atomic mass is 9.82. The van der Waals surface area contributed by atoms with Gasteiger partial charge in [-0.1, -0.05) is 47.4 Å². The molecule has 0 unspecified atom stereocenters. The molecule has 0 heterocycles. The molecule has 1 aliphatic rings. The van der Waals surface area contributed by atoms with Crippen molar-refractivity contribution in [3.63, 3.8) is 0 Å². The second-order valence-corrected chi connectivity index (χ2v) is 4.15. The Hall–Kier alpha value is -4.56. The second kappa shape index (κ2) is 7.45. The minimum Gasteiger partial charge on any atom is -0.115 e. The normalized spacial score (nSPS) is 25.7. The van der Waals surface area contributed by atoms with E-state index in [0.717, 1.165) is 0 Å². The maximum Gasteiger partial charge on any atom is 0.0581 e. The van der Waals surface area contributed by atoms with Gasteiger partial charge in [0.05, 0.1) is 44.6 Å². The molecule has 1 aliphatic carbocycles. The predicted octanol–water partition coefficient (Wildman–Crippen LogP) is 2.25. The van der Waals surface area contributed by atoms with E-state index in [1.807, 2.05) is 0 Å². The Labute approximate surface area is 143 Å². The summed E-state index contributed by atoms with van der Waals surface area (Å²) in [6.07, 6.45) is 44.6. The van der Waals surface area contributed by atoms with Crippen LogP contribution in [0.5, 0.6) is 0 Å². The Morgan fingerprint density at radius 1 is 0.250 bits per heavy atom. The zero-order chi connectivity index (χ0) is 18.3. The average Bonchev–Trinajstić information content (AvgIpc) is 2.61. The fourth-order valence-electron chi connectivity index (χ4n) is 2.15. The van der Waals surface area contributed by atoms with Crippen molar-refractivity contribution in [1.29, 1.82) is 0 Å². The Balaban J connectivity index is 4.49. The van der Waals surface area contributed by atoms with Gasteiger partial charge < -0.3 is 0 Å². The van der Waals surface area contributed by atoms with E-state index in [-0.39, 0.29) is 44.6 Å². The third kappa shape index (κ3) is 2.50. The highest BCUT2D eigenvalue weighted by atomic mass is 14.2. The first-order valence-corrected chi connectivity index (χ1v) is 6.31. The lowest BCUT2D eigenvalue weighted by Gasteiger charge is -2.16. The molecule has 0 saturated heterocycles. The van der Waals surface area contributed by atoms with Gasteiger partial charge in [0.1, 0.15) is 0 Å². The fourth-order valence-corrected chi connectivity index (χ4v) is 2.15. The third-order valence-corrected chi connectivity index (χ3v) is 3.15. The SMILES string of the molecule is C#CC1=C(C#C)/C(C#C)=C(C#C)\C(C#C)=C(C#C)/C(C#C)=C\1C#C. The lowest BCUT2D eigenvalue weighted by Crippen LogP contribution is -2.07. The standard InChI is InChI=1S/C24H8/c1-9-17-18(10-2)20(12-4)22(14-6)24(16-8)23(15-7)21(13-5)19(17)11-3/h1-8H/b18-17-,19-17?,20-18?,21-19-,22-20-,23-21?,24-22?,24-23-. The van der Waals surface area contributed by atoms with E-state index >= 15 is 0 Å². The molecule has 0 aromatic carbocycles. The first kappa shape index (κ1) is 17.5. The predicted molar refractivity (Wildman–Crippen MR) is 98.8 cm³/mol. The molecule has 0 aromatic heterocycles. The van der Waals surface area contributed by atoms with Crippen LogP contribution in [0.15, 0.2) is 44.6 Å². The average molecular weight is 296 g/mol. The Kier molecular flexibility index (Phi) is 5.43. The van der Waals surface area contributed by atoms with Crippen LogP contribution in [0.25, 0.3) is 0 Å². The van der Waals surface area contributed by atoms with Crippen LogP contribution in [0.1, 0.15) is 0 Å². The van der Waals surface area contributed by atoms with Gasteiger partial charge in [0, 0.05) is 0 Å². The topological polar surface area (TPSA) is 0 Å². The summed E-state index contributed by atoms with van der Waals surface area (Å²) in [5.74, 6) is 19.4. The van der Waals surface area contributed by atoms with Crippen molar-refractivity contribution in [2.75, 3.05) is 0 Å². The van der Waals surface area contributed by atoms with Crippen LogP contribution in [0, 0.1) is 98.8 Å². The highest BCUT2D eigenvalue weighted by Gasteiger charge is 2.24. The summed E-state index contributed by atoms with van der Waals surface area (Å²) in [7, 11) is 0. The zero-order valence-electron chi connectivity index (χ0n) is 12.6. The third-order valence-electron chi connectivity index (χ3n) is 3.15. The van der Waals surface area contributed by atoms with E-state index in [2.05, 4.69) is 47.4 Å². The van der Waals surface area contributed by atoms with Gasteiger partial charge in [-0.2, -0.15) is 0 Å². The molecule has 0 nitrogen and oxygen atoms in total. The van der Waals surface area contributed by atoms with Gasteiger partial charge in [0.25, 0.3) is 0 Å². The molecular weight excluding hydrogens is 288 g/mol. The molecule has 0 amide bonds. The molecule has 0 saturated carbocycles. The molecule has 0 fully saturated rings. The molecular formula is C24H8. The van der Waals surface area contributed by atoms with E-state index < -0.39 is 0 Å². The highest BCUT2D eigenvalue weighted by molar-refractivity contribution is 5.81. The molecule has 1 rings (SSSR count). The van der Waals surface area contributed by atoms with Crippen molar-refractivity contribution in [2.45, 2.75) is 0 Å². The van der Waals surface area contributed by atoms with Gasteiger partial charge in [0.2, 0.25) is 0 Å². The van der Waals surface area contributed by atoms with E-state index in [1.165, 1.54) is 0 Å². The molecule has 0 heteroatoms. The van der Waals surface area contributed by atoms with Gasteiger partial charge in [-0.3, -0.25) is 0 Å². The van der Waals surface area contributed by atoms with Crippen molar-refractivity contribution in [3.05, 3.63) is 44.6 Å². The Morgan fingerprint density at radius 3 is 0.375 bits per heavy atom. The minimum absolute atomic E-state index is 0.164. The van der Waals surface area contributed by atoms with Crippen LogP contribution in [0.3, 0.4) is 0 Å². The number of rotatable bonds is 0. The summed E-state index contributed by atoms with van der Waals surface area (Å²) in [6, 6.07) is 0. The Bertz CT molecular complexity index is 798. The molecule has 0 bridgehead atoms. The molecule has 0 aliphatic heterocycles. The first-order valence-electron chi connectivity index (χ1n) is 6.31. The maximum atomic E-state index is 5.58. The van der Waals surface area contributed by atoms with Crippen LogP contribution in [-0.4, -0.2) is 0 Å². The zero-order valence-corrected chi connectivity index (χ0v) is 12.6. The van der Waals surface area contributed by atoms with Gasteiger partial charge in [0.15, 0.2) is 0 Å². The van der Waals surface area contributed by atoms with E-state index in [9.17, 15) is 0 Å². The maximum absolute atomic E-state index is 5.58. The molecule has 0 spiro atoms. The fraction of sp³-hybridized carbons (Fsp3) is 0. The van der Waals surface area contributed by atoms with Crippen molar-refractivity contribution < 1.29 is 0 Å². The summed E-state index contributed by atoms with van der Waals surface area (Å²) in [4.78, 5) is 0. The quantitative estimate of drug-likeness (QED) is 0.602. The molecule has 0 aromatic rings. The van der Waals surface area contributed by atoms with Crippen LogP contribution in [0.2, 0.25) is 0 Å². The number of hydrogen-bond donors (Lipinski definition) is 0. The summed E-state index contributed by atoms with van der Waals surface area (Å²) < 4.78 is 0. The van der Waals surface area contributed by atoms with Crippen molar-refractivity contribution >= 4 is 0 Å². The van der Waals surface area contributed by atoms with Crippen LogP contribution < -0.4 is 0 Å². The number of terminal acetylenes is 8. The van der Waals surface area contributed by atoms with Gasteiger partial charge in [-0.15, -0.1) is 51.4 Å². The smallest absolute Gasteiger partial charge is 0.0581 e. The van der Waals surface area contributed by atoms with Crippen LogP contribution in [0.4, 0.5) is 0 Å². The summed E-state index contributed by atoms with van der Waals surface area (Å²) >= 11 is 0. The number of allylic oxidation sites excluding steroid dienone is 8. The lowest BCUT2D eigenvalue weighted by molar-refractivity contribution is 1.39. The number of hydrogen-bond acceptors (Lipinski definition) is 0. The molecule has 24 heavy (non-hydrogen) atoms. The minimum atomic E-state index is 0.164. The molecule has 0 radical (unpaired) electrons. The van der Waals surface area contributed by atoms with Gasteiger partial charge >= 0.3 is 0 Å². The van der Waals surface area contributed by atoms with Crippen LogP contribution >= 0.6 is 0 Å². The summed E-state index contributed by atoms with van der Waals surface area (Å²) in [5.41, 5.74) is 1.31. The summed E-state index contributed by atoms with van der Waals surface area (Å²) in [6.45, 7) is 0. The van der Waals surface area contributed by atoms with E-state index in [4.69, 9.17) is 51.4 Å². The first-order chi connectivity index (χ1) is 11.6. The summed E-state index contributed by atoms with van der Waals surface area (Å²) in [5, 5.41) is 0. The van der Waals surface area contributed by atoms with E-state index in [0.29, 0.717) is 0 Å². The van der Waals surface area contributed by atoms with Crippen molar-refractivity contribution in [3.8, 4) is 98.8 Å². The highest BCUT2D eigenvalue weighted by Crippen LogP contribution is 2.33. The molecule has 0 atom stereocenters. The Morgan fingerprint density at radius 2 is 0.333 bits per heavy atom. The second-order valence-electron chi connectivity index (χ2n) is 4.15. The van der Waals surface area contributed by atoms with Crippen LogP contribution in [-0.2, 0) is 0 Å². The van der Waals surface area contributed by atoms with Gasteiger partial charge in [-0.25, -0.2) is 0 Å². The largest absolute Gasteiger partial charge is 0.115 e. The monoisotopic (exact) mass is 296 g/mol.